The van der Waals surface area contributed by atoms with Crippen LogP contribution in [-0.2, 0) is 21.4 Å². The molecular weight excluding hydrogens is 492 g/mol. The minimum atomic E-state index is -1.04. The van der Waals surface area contributed by atoms with Gasteiger partial charge in [-0.25, -0.2) is 13.6 Å². The Balaban J connectivity index is 1.82. The van der Waals surface area contributed by atoms with Crippen LogP contribution in [0.2, 0.25) is 0 Å². The van der Waals surface area contributed by atoms with Gasteiger partial charge in [-0.1, -0.05) is 45.0 Å². The lowest BCUT2D eigenvalue weighted by Crippen LogP contribution is -2.49. The second kappa shape index (κ2) is 12.7. The van der Waals surface area contributed by atoms with Crippen molar-refractivity contribution in [1.82, 2.24) is 15.5 Å². The van der Waals surface area contributed by atoms with E-state index in [-0.39, 0.29) is 42.3 Å². The van der Waals surface area contributed by atoms with Gasteiger partial charge in [-0.05, 0) is 53.0 Å². The molecule has 9 heteroatoms. The van der Waals surface area contributed by atoms with Gasteiger partial charge >= 0.3 is 6.09 Å². The summed E-state index contributed by atoms with van der Waals surface area (Å²) in [5.41, 5.74) is 2.46. The summed E-state index contributed by atoms with van der Waals surface area (Å²) in [6.07, 6.45) is -0.611. The number of carbonyl (C=O) groups excluding carboxylic acids is 2. The van der Waals surface area contributed by atoms with Gasteiger partial charge in [-0.3, -0.25) is 4.79 Å². The van der Waals surface area contributed by atoms with Gasteiger partial charge in [0.05, 0.1) is 19.3 Å². The molecule has 4 atom stereocenters. The number of nitrogens with zero attached hydrogens (tertiary/aromatic N) is 1. The van der Waals surface area contributed by atoms with E-state index < -0.39 is 23.8 Å². The number of amides is 2. The number of likely N-dealkylation sites (tertiary alicyclic amines) is 1. The highest BCUT2D eigenvalue weighted by Crippen LogP contribution is 2.33. The molecule has 0 bridgehead atoms. The first-order valence-electron chi connectivity index (χ1n) is 12.9. The Morgan fingerprint density at radius 1 is 1.16 bits per heavy atom. The molecule has 0 radical (unpaired) electrons. The molecule has 38 heavy (non-hydrogen) atoms. The minimum Gasteiger partial charge on any atom is -0.453 e. The molecule has 2 aromatic rings. The van der Waals surface area contributed by atoms with Crippen molar-refractivity contribution in [1.29, 1.82) is 0 Å². The number of halogens is 2. The van der Waals surface area contributed by atoms with E-state index in [1.807, 2.05) is 12.1 Å². The highest BCUT2D eigenvalue weighted by atomic mass is 19.1. The van der Waals surface area contributed by atoms with Crippen LogP contribution in [0.25, 0.3) is 0 Å². The second-order valence-electron chi connectivity index (χ2n) is 11.1. The second-order valence-corrected chi connectivity index (χ2v) is 11.1. The lowest BCUT2D eigenvalue weighted by atomic mass is 9.83. The molecule has 1 saturated heterocycles. The van der Waals surface area contributed by atoms with E-state index in [1.54, 1.807) is 4.90 Å². The van der Waals surface area contributed by atoms with E-state index >= 15 is 0 Å². The van der Waals surface area contributed by atoms with Gasteiger partial charge in [0.2, 0.25) is 5.91 Å². The minimum absolute atomic E-state index is 0.0564. The molecule has 0 aromatic heterocycles. The van der Waals surface area contributed by atoms with Crippen LogP contribution in [0, 0.1) is 17.6 Å². The van der Waals surface area contributed by atoms with Gasteiger partial charge in [0.1, 0.15) is 11.6 Å². The van der Waals surface area contributed by atoms with Crippen LogP contribution in [0.1, 0.15) is 56.8 Å². The van der Waals surface area contributed by atoms with E-state index in [0.717, 1.165) is 23.6 Å². The zero-order valence-corrected chi connectivity index (χ0v) is 22.8. The molecule has 2 aromatic carbocycles. The van der Waals surface area contributed by atoms with Gasteiger partial charge in [0.15, 0.2) is 0 Å². The van der Waals surface area contributed by atoms with Crippen molar-refractivity contribution < 1.29 is 28.2 Å². The number of nitrogens with one attached hydrogen (secondary N) is 2. The summed E-state index contributed by atoms with van der Waals surface area (Å²) in [5, 5.41) is 17.3. The molecule has 208 valence electrons. The summed E-state index contributed by atoms with van der Waals surface area (Å²) in [7, 11) is 1.36. The van der Waals surface area contributed by atoms with Gasteiger partial charge in [-0.15, -0.1) is 0 Å². The van der Waals surface area contributed by atoms with Crippen LogP contribution in [0.15, 0.2) is 42.5 Å². The molecule has 7 nitrogen and oxygen atoms in total. The van der Waals surface area contributed by atoms with Gasteiger partial charge < -0.3 is 25.4 Å². The summed E-state index contributed by atoms with van der Waals surface area (Å²) in [4.78, 5) is 25.7. The summed E-state index contributed by atoms with van der Waals surface area (Å²) >= 11 is 0. The molecule has 0 aliphatic carbocycles. The lowest BCUT2D eigenvalue weighted by molar-refractivity contribution is -0.120. The van der Waals surface area contributed by atoms with Gasteiger partial charge in [0, 0.05) is 38.7 Å². The van der Waals surface area contributed by atoms with E-state index in [0.29, 0.717) is 18.7 Å². The smallest absolute Gasteiger partial charge is 0.409 e. The average Bonchev–Trinajstić information content (AvgIpc) is 3.32. The van der Waals surface area contributed by atoms with Crippen LogP contribution in [0.3, 0.4) is 0 Å². The normalized spacial score (nSPS) is 18.1. The van der Waals surface area contributed by atoms with Gasteiger partial charge in [-0.2, -0.15) is 0 Å². The third-order valence-electron chi connectivity index (χ3n) is 7.02. The Labute approximate surface area is 223 Å². The number of methoxy groups -OCH3 is 1. The first kappa shape index (κ1) is 29.5. The molecule has 0 saturated carbocycles. The Morgan fingerprint density at radius 3 is 2.45 bits per heavy atom. The largest absolute Gasteiger partial charge is 0.453 e. The van der Waals surface area contributed by atoms with E-state index in [4.69, 9.17) is 4.74 Å². The van der Waals surface area contributed by atoms with Crippen molar-refractivity contribution in [3.8, 4) is 0 Å². The van der Waals surface area contributed by atoms with Crippen molar-refractivity contribution in [3.05, 3.63) is 70.8 Å². The number of rotatable bonds is 9. The SMILES string of the molecule is COC(=O)N1CCC(C(NCC(O)C(Cc2cc(F)cc(F)c2)NC(C)=O)c2cccc(C(C)(C)C)c2)C1. The van der Waals surface area contributed by atoms with Gasteiger partial charge in [0.25, 0.3) is 0 Å². The fraction of sp³-hybridized carbons (Fsp3) is 0.517. The highest BCUT2D eigenvalue weighted by molar-refractivity contribution is 5.73. The van der Waals surface area contributed by atoms with Crippen LogP contribution in [0.5, 0.6) is 0 Å². The fourth-order valence-corrected chi connectivity index (χ4v) is 5.03. The average molecular weight is 532 g/mol. The van der Waals surface area contributed by atoms with E-state index in [9.17, 15) is 23.5 Å². The quantitative estimate of drug-likeness (QED) is 0.454. The Hall–Kier alpha value is -3.04. The van der Waals surface area contributed by atoms with Crippen LogP contribution in [-0.4, -0.2) is 60.9 Å². The topological polar surface area (TPSA) is 90.9 Å². The number of hydrogen-bond donors (Lipinski definition) is 3. The molecule has 4 unspecified atom stereocenters. The number of ether oxygens (including phenoxy) is 1. The monoisotopic (exact) mass is 531 g/mol. The first-order valence-corrected chi connectivity index (χ1v) is 12.9. The first-order chi connectivity index (χ1) is 17.9. The zero-order chi connectivity index (χ0) is 28.0. The van der Waals surface area contributed by atoms with E-state index in [2.05, 4.69) is 43.5 Å². The van der Waals surface area contributed by atoms with Crippen LogP contribution in [0.4, 0.5) is 13.6 Å². The Morgan fingerprint density at radius 2 is 1.84 bits per heavy atom. The molecule has 3 N–H and O–H groups in total. The Bertz CT molecular complexity index is 1100. The number of aliphatic hydroxyl groups excluding tert-OH is 1. The molecule has 1 heterocycles. The van der Waals surface area contributed by atoms with Crippen molar-refractivity contribution in [2.24, 2.45) is 5.92 Å². The number of aliphatic hydroxyl groups is 1. The Kier molecular flexibility index (Phi) is 9.84. The highest BCUT2D eigenvalue weighted by Gasteiger charge is 2.34. The fourth-order valence-electron chi connectivity index (χ4n) is 5.03. The lowest BCUT2D eigenvalue weighted by Gasteiger charge is -2.30. The molecule has 1 aliphatic heterocycles. The molecule has 3 rings (SSSR count). The summed E-state index contributed by atoms with van der Waals surface area (Å²) in [6, 6.07) is 10.5. The molecule has 0 spiro atoms. The molecule has 1 aliphatic rings. The van der Waals surface area contributed by atoms with Crippen molar-refractivity contribution in [3.63, 3.8) is 0 Å². The van der Waals surface area contributed by atoms with Crippen LogP contribution >= 0.6 is 0 Å². The standard InChI is InChI=1S/C29H39F2N3O4/c1-18(35)33-25(13-19-11-23(30)15-24(31)12-19)26(36)16-32-27(21-9-10-34(17-21)28(37)38-5)20-7-6-8-22(14-20)29(2,3)4/h6-8,11-12,14-15,21,25-27,32,36H,9-10,13,16-17H2,1-5H3,(H,33,35). The summed E-state index contributed by atoms with van der Waals surface area (Å²) in [6.45, 7) is 8.93. The molecule has 2 amide bonds. The predicted molar refractivity (Wildman–Crippen MR) is 142 cm³/mol. The molecular formula is C29H39F2N3O4. The number of hydrogen-bond acceptors (Lipinski definition) is 5. The zero-order valence-electron chi connectivity index (χ0n) is 22.8. The van der Waals surface area contributed by atoms with Crippen molar-refractivity contribution >= 4 is 12.0 Å². The summed E-state index contributed by atoms with van der Waals surface area (Å²) in [5.74, 6) is -1.73. The predicted octanol–water partition coefficient (Wildman–Crippen LogP) is 4.09. The third kappa shape index (κ3) is 7.98. The molecule has 1 fully saturated rings. The van der Waals surface area contributed by atoms with E-state index in [1.165, 1.54) is 26.2 Å². The number of carbonyl (C=O) groups is 2. The summed E-state index contributed by atoms with van der Waals surface area (Å²) < 4.78 is 32.4. The maximum atomic E-state index is 13.7. The van der Waals surface area contributed by atoms with Crippen molar-refractivity contribution in [2.45, 2.75) is 64.1 Å². The number of benzene rings is 2. The maximum Gasteiger partial charge on any atom is 0.409 e. The maximum absolute atomic E-state index is 13.7. The van der Waals surface area contributed by atoms with Crippen LogP contribution < -0.4 is 10.6 Å². The van der Waals surface area contributed by atoms with Crippen molar-refractivity contribution in [2.75, 3.05) is 26.7 Å². The third-order valence-corrected chi connectivity index (χ3v) is 7.02.